The highest BCUT2D eigenvalue weighted by Crippen LogP contribution is 2.18. The summed E-state index contributed by atoms with van der Waals surface area (Å²) >= 11 is 0. The number of carbonyl (C=O) groups is 2. The van der Waals surface area contributed by atoms with E-state index in [9.17, 15) is 19.7 Å². The second-order valence-corrected chi connectivity index (χ2v) is 6.51. The van der Waals surface area contributed by atoms with Crippen LogP contribution in [0, 0.1) is 10.1 Å². The third-order valence-corrected chi connectivity index (χ3v) is 4.31. The fourth-order valence-electron chi connectivity index (χ4n) is 2.72. The van der Waals surface area contributed by atoms with E-state index in [4.69, 9.17) is 14.2 Å². The maximum atomic E-state index is 12.1. The molecule has 10 heteroatoms. The number of nitrogens with one attached hydrogen (secondary N) is 2. The van der Waals surface area contributed by atoms with Crippen molar-refractivity contribution in [1.82, 2.24) is 10.9 Å². The highest BCUT2D eigenvalue weighted by molar-refractivity contribution is 5.95. The van der Waals surface area contributed by atoms with Crippen LogP contribution in [0.5, 0.6) is 11.5 Å². The molecule has 2 N–H and O–H groups in total. The van der Waals surface area contributed by atoms with Crippen LogP contribution in [0.25, 0.3) is 0 Å². The molecule has 0 radical (unpaired) electrons. The average molecular weight is 415 g/mol. The molecule has 2 aromatic carbocycles. The second kappa shape index (κ2) is 10.2. The summed E-state index contributed by atoms with van der Waals surface area (Å²) in [6, 6.07) is 11.8. The van der Waals surface area contributed by atoms with E-state index in [1.807, 2.05) is 0 Å². The predicted molar refractivity (Wildman–Crippen MR) is 105 cm³/mol. The maximum absolute atomic E-state index is 12.1. The summed E-state index contributed by atoms with van der Waals surface area (Å²) in [4.78, 5) is 34.0. The van der Waals surface area contributed by atoms with Crippen LogP contribution in [0.2, 0.25) is 0 Å². The van der Waals surface area contributed by atoms with Gasteiger partial charge in [-0.2, -0.15) is 0 Å². The van der Waals surface area contributed by atoms with Crippen molar-refractivity contribution in [2.75, 3.05) is 19.8 Å². The van der Waals surface area contributed by atoms with Gasteiger partial charge in [0, 0.05) is 24.3 Å². The van der Waals surface area contributed by atoms with Gasteiger partial charge in [0.1, 0.15) is 18.1 Å². The molecule has 1 saturated heterocycles. The molecular formula is C20H21N3O7. The standard InChI is InChI=1S/C20H21N3O7/c24-19(13-30-17-9-5-15(6-10-17)23(26)27)21-22-20(25)14-3-7-16(8-4-14)29-12-18-2-1-11-28-18/h3-10,18H,1-2,11-13H2,(H,21,24)(H,22,25). The van der Waals surface area contributed by atoms with Gasteiger partial charge in [0.15, 0.2) is 6.61 Å². The molecule has 1 atom stereocenters. The topological polar surface area (TPSA) is 129 Å². The molecule has 1 unspecified atom stereocenters. The zero-order valence-electron chi connectivity index (χ0n) is 16.0. The van der Waals surface area contributed by atoms with Gasteiger partial charge in [-0.3, -0.25) is 30.6 Å². The molecule has 1 aliphatic heterocycles. The van der Waals surface area contributed by atoms with E-state index in [0.717, 1.165) is 19.4 Å². The Morgan fingerprint density at radius 3 is 2.33 bits per heavy atom. The number of hydrogen-bond acceptors (Lipinski definition) is 7. The summed E-state index contributed by atoms with van der Waals surface area (Å²) in [6.45, 7) is 0.863. The largest absolute Gasteiger partial charge is 0.491 e. The summed E-state index contributed by atoms with van der Waals surface area (Å²) in [5.41, 5.74) is 4.79. The number of nitro groups is 1. The maximum Gasteiger partial charge on any atom is 0.276 e. The van der Waals surface area contributed by atoms with Crippen LogP contribution in [-0.2, 0) is 9.53 Å². The Morgan fingerprint density at radius 1 is 1.03 bits per heavy atom. The van der Waals surface area contributed by atoms with Crippen molar-refractivity contribution in [2.45, 2.75) is 18.9 Å². The number of ether oxygens (including phenoxy) is 3. The fourth-order valence-corrected chi connectivity index (χ4v) is 2.72. The summed E-state index contributed by atoms with van der Waals surface area (Å²) < 4.78 is 16.3. The Bertz CT molecular complexity index is 878. The van der Waals surface area contributed by atoms with Gasteiger partial charge in [0.2, 0.25) is 0 Å². The van der Waals surface area contributed by atoms with Crippen molar-refractivity contribution in [2.24, 2.45) is 0 Å². The molecule has 1 heterocycles. The lowest BCUT2D eigenvalue weighted by Crippen LogP contribution is -2.43. The van der Waals surface area contributed by atoms with Crippen molar-refractivity contribution in [3.8, 4) is 11.5 Å². The minimum atomic E-state index is -0.585. The molecule has 30 heavy (non-hydrogen) atoms. The molecule has 1 aliphatic rings. The Balaban J connectivity index is 1.38. The molecule has 158 valence electrons. The number of nitrogens with zero attached hydrogens (tertiary/aromatic N) is 1. The van der Waals surface area contributed by atoms with Crippen LogP contribution in [0.3, 0.4) is 0 Å². The van der Waals surface area contributed by atoms with Gasteiger partial charge in [0.25, 0.3) is 17.5 Å². The molecule has 10 nitrogen and oxygen atoms in total. The lowest BCUT2D eigenvalue weighted by molar-refractivity contribution is -0.384. The third kappa shape index (κ3) is 6.17. The Hall–Kier alpha value is -3.66. The molecule has 0 aromatic heterocycles. The average Bonchev–Trinajstić information content (AvgIpc) is 3.29. The molecule has 3 rings (SSSR count). The predicted octanol–water partition coefficient (Wildman–Crippen LogP) is 1.99. The van der Waals surface area contributed by atoms with Gasteiger partial charge in [-0.25, -0.2) is 0 Å². The van der Waals surface area contributed by atoms with E-state index < -0.39 is 16.7 Å². The van der Waals surface area contributed by atoms with Gasteiger partial charge in [-0.1, -0.05) is 0 Å². The van der Waals surface area contributed by atoms with Crippen LogP contribution < -0.4 is 20.3 Å². The first kappa shape index (κ1) is 21.1. The highest BCUT2D eigenvalue weighted by atomic mass is 16.6. The van der Waals surface area contributed by atoms with Crippen LogP contribution in [0.15, 0.2) is 48.5 Å². The number of non-ortho nitro benzene ring substituents is 1. The normalized spacial score (nSPS) is 15.3. The quantitative estimate of drug-likeness (QED) is 0.498. The van der Waals surface area contributed by atoms with Gasteiger partial charge in [-0.05, 0) is 49.2 Å². The molecule has 1 fully saturated rings. The minimum Gasteiger partial charge on any atom is -0.491 e. The lowest BCUT2D eigenvalue weighted by atomic mass is 10.2. The number of hydrogen-bond donors (Lipinski definition) is 2. The van der Waals surface area contributed by atoms with E-state index in [1.54, 1.807) is 24.3 Å². The van der Waals surface area contributed by atoms with Gasteiger partial charge in [-0.15, -0.1) is 0 Å². The fraction of sp³-hybridized carbons (Fsp3) is 0.300. The number of nitro benzene ring substituents is 1. The van der Waals surface area contributed by atoms with E-state index in [2.05, 4.69) is 10.9 Å². The first-order chi connectivity index (χ1) is 14.5. The minimum absolute atomic E-state index is 0.0812. The van der Waals surface area contributed by atoms with E-state index in [-0.39, 0.29) is 18.4 Å². The molecule has 0 bridgehead atoms. The van der Waals surface area contributed by atoms with Crippen LogP contribution >= 0.6 is 0 Å². The zero-order chi connectivity index (χ0) is 21.3. The van der Waals surface area contributed by atoms with Crippen molar-refractivity contribution in [1.29, 1.82) is 0 Å². The Labute approximate surface area is 172 Å². The molecule has 0 spiro atoms. The van der Waals surface area contributed by atoms with Gasteiger partial charge < -0.3 is 14.2 Å². The van der Waals surface area contributed by atoms with E-state index in [0.29, 0.717) is 23.7 Å². The Kier molecular flexibility index (Phi) is 7.17. The molecule has 0 saturated carbocycles. The number of carbonyl (C=O) groups excluding carboxylic acids is 2. The van der Waals surface area contributed by atoms with E-state index in [1.165, 1.54) is 24.3 Å². The highest BCUT2D eigenvalue weighted by Gasteiger charge is 2.16. The lowest BCUT2D eigenvalue weighted by Gasteiger charge is -2.12. The molecular weight excluding hydrogens is 394 g/mol. The van der Waals surface area contributed by atoms with Crippen molar-refractivity contribution in [3.05, 3.63) is 64.2 Å². The van der Waals surface area contributed by atoms with Crippen molar-refractivity contribution < 1.29 is 28.7 Å². The van der Waals surface area contributed by atoms with Crippen LogP contribution in [0.1, 0.15) is 23.2 Å². The first-order valence-corrected chi connectivity index (χ1v) is 9.32. The summed E-state index contributed by atoms with van der Waals surface area (Å²) in [6.07, 6.45) is 2.13. The van der Waals surface area contributed by atoms with Gasteiger partial charge >= 0.3 is 0 Å². The first-order valence-electron chi connectivity index (χ1n) is 9.32. The summed E-state index contributed by atoms with van der Waals surface area (Å²) in [5, 5.41) is 10.6. The number of rotatable bonds is 8. The van der Waals surface area contributed by atoms with E-state index >= 15 is 0 Å². The number of amides is 2. The van der Waals surface area contributed by atoms with Crippen molar-refractivity contribution in [3.63, 3.8) is 0 Å². The zero-order valence-corrected chi connectivity index (χ0v) is 16.0. The Morgan fingerprint density at radius 2 is 1.70 bits per heavy atom. The van der Waals surface area contributed by atoms with Crippen molar-refractivity contribution >= 4 is 17.5 Å². The SMILES string of the molecule is O=C(COc1ccc([N+](=O)[O-])cc1)NNC(=O)c1ccc(OCC2CCCO2)cc1. The summed E-state index contributed by atoms with van der Waals surface area (Å²) in [7, 11) is 0. The molecule has 2 aromatic rings. The molecule has 2 amide bonds. The van der Waals surface area contributed by atoms with Gasteiger partial charge in [0.05, 0.1) is 11.0 Å². The number of benzene rings is 2. The van der Waals surface area contributed by atoms with Crippen LogP contribution in [0.4, 0.5) is 5.69 Å². The monoisotopic (exact) mass is 415 g/mol. The molecule has 0 aliphatic carbocycles. The smallest absolute Gasteiger partial charge is 0.276 e. The second-order valence-electron chi connectivity index (χ2n) is 6.51. The van der Waals surface area contributed by atoms with Crippen LogP contribution in [-0.4, -0.2) is 42.7 Å². The summed E-state index contributed by atoms with van der Waals surface area (Å²) in [5.74, 6) is -0.161. The number of hydrazine groups is 1. The third-order valence-electron chi connectivity index (χ3n) is 4.31.